The maximum absolute atomic E-state index is 6.55. The lowest BCUT2D eigenvalue weighted by Gasteiger charge is -2.28. The summed E-state index contributed by atoms with van der Waals surface area (Å²) in [4.78, 5) is 2.37. The Labute approximate surface area is 287 Å². The number of benzene rings is 7. The van der Waals surface area contributed by atoms with Crippen LogP contribution < -0.4 is 4.90 Å². The van der Waals surface area contributed by atoms with Gasteiger partial charge >= 0.3 is 0 Å². The van der Waals surface area contributed by atoms with Gasteiger partial charge in [0, 0.05) is 39.0 Å². The van der Waals surface area contributed by atoms with Crippen molar-refractivity contribution in [2.24, 2.45) is 0 Å². The van der Waals surface area contributed by atoms with Crippen molar-refractivity contribution in [2.45, 2.75) is 19.3 Å². The first-order chi connectivity index (χ1) is 24.1. The Morgan fingerprint density at radius 3 is 1.67 bits per heavy atom. The molecule has 0 saturated carbocycles. The van der Waals surface area contributed by atoms with Gasteiger partial charge in [-0.2, -0.15) is 0 Å². The smallest absolute Gasteiger partial charge is 0.143 e. The number of nitrogens with zero attached hydrogens (tertiary/aromatic N) is 1. The van der Waals surface area contributed by atoms with Crippen LogP contribution in [0.1, 0.15) is 25.0 Å². The highest BCUT2D eigenvalue weighted by molar-refractivity contribution is 6.02. The van der Waals surface area contributed by atoms with Gasteiger partial charge in [0.15, 0.2) is 0 Å². The minimum absolute atomic E-state index is 0.0935. The number of anilines is 3. The van der Waals surface area contributed by atoms with E-state index in [1.165, 1.54) is 33.4 Å². The van der Waals surface area contributed by atoms with Crippen molar-refractivity contribution >= 4 is 28.0 Å². The number of hydrogen-bond acceptors (Lipinski definition) is 2. The zero-order valence-corrected chi connectivity index (χ0v) is 27.6. The molecular formula is C47H35NO. The molecule has 0 bridgehead atoms. The Balaban J connectivity index is 1.17. The Morgan fingerprint density at radius 2 is 0.959 bits per heavy atom. The first-order valence-corrected chi connectivity index (χ1v) is 16.9. The van der Waals surface area contributed by atoms with Crippen LogP contribution in [0.5, 0.6) is 0 Å². The molecule has 0 amide bonds. The predicted molar refractivity (Wildman–Crippen MR) is 205 cm³/mol. The van der Waals surface area contributed by atoms with E-state index in [9.17, 15) is 0 Å². The predicted octanol–water partition coefficient (Wildman–Crippen LogP) is 13.2. The highest BCUT2D eigenvalue weighted by Crippen LogP contribution is 2.51. The fourth-order valence-corrected chi connectivity index (χ4v) is 7.61. The van der Waals surface area contributed by atoms with E-state index in [-0.39, 0.29) is 5.41 Å². The molecule has 2 nitrogen and oxygen atoms in total. The zero-order chi connectivity index (χ0) is 33.0. The van der Waals surface area contributed by atoms with Crippen LogP contribution in [0.3, 0.4) is 0 Å². The van der Waals surface area contributed by atoms with Crippen molar-refractivity contribution in [3.05, 3.63) is 187 Å². The SMILES string of the molecule is CC1(C)c2ccccc2-c2ccc(N(c3ccc(-c4ccccc4)cc3)c3ccc(-c4oc5ccccc5c4-c4ccccc4)cc3)cc21. The second kappa shape index (κ2) is 11.5. The number of furan rings is 1. The van der Waals surface area contributed by atoms with Gasteiger partial charge in [-0.15, -0.1) is 0 Å². The highest BCUT2D eigenvalue weighted by atomic mass is 16.3. The Hall–Kier alpha value is -6.12. The standard InChI is InChI=1S/C47H35NO/c1-47(2)42-19-11-9-17-39(42)40-30-29-38(31-43(40)47)48(36-25-21-33(22-26-36)32-13-5-3-6-14-32)37-27-23-35(24-28-37)46-45(34-15-7-4-8-16-34)41-18-10-12-20-44(41)49-46/h3-31H,1-2H3. The van der Waals surface area contributed by atoms with Gasteiger partial charge in [0.25, 0.3) is 0 Å². The Bertz CT molecular complexity index is 2440. The third-order valence-corrected chi connectivity index (χ3v) is 10.1. The summed E-state index contributed by atoms with van der Waals surface area (Å²) in [5, 5.41) is 1.12. The summed E-state index contributed by atoms with van der Waals surface area (Å²) in [6.45, 7) is 4.68. The molecule has 1 aromatic heterocycles. The van der Waals surface area contributed by atoms with Crippen LogP contribution in [0.25, 0.3) is 55.7 Å². The van der Waals surface area contributed by atoms with E-state index < -0.39 is 0 Å². The van der Waals surface area contributed by atoms with Crippen molar-refractivity contribution in [3.63, 3.8) is 0 Å². The molecule has 0 N–H and O–H groups in total. The van der Waals surface area contributed by atoms with Gasteiger partial charge in [-0.05, 0) is 93.5 Å². The van der Waals surface area contributed by atoms with Gasteiger partial charge < -0.3 is 9.32 Å². The van der Waals surface area contributed by atoms with Crippen molar-refractivity contribution in [3.8, 4) is 44.7 Å². The molecule has 1 heterocycles. The first-order valence-electron chi connectivity index (χ1n) is 16.9. The van der Waals surface area contributed by atoms with E-state index in [0.29, 0.717) is 0 Å². The van der Waals surface area contributed by atoms with Crippen LogP contribution >= 0.6 is 0 Å². The minimum Gasteiger partial charge on any atom is -0.455 e. The lowest BCUT2D eigenvalue weighted by atomic mass is 9.82. The summed E-state index contributed by atoms with van der Waals surface area (Å²) in [6, 6.07) is 62.9. The summed E-state index contributed by atoms with van der Waals surface area (Å²) in [7, 11) is 0. The fraction of sp³-hybridized carbons (Fsp3) is 0.0638. The Morgan fingerprint density at radius 1 is 0.429 bits per heavy atom. The molecule has 1 aliphatic rings. The van der Waals surface area contributed by atoms with E-state index in [1.54, 1.807) is 0 Å². The van der Waals surface area contributed by atoms with Gasteiger partial charge in [0.2, 0.25) is 0 Å². The number of fused-ring (bicyclic) bond motifs is 4. The van der Waals surface area contributed by atoms with Crippen LogP contribution in [0.15, 0.2) is 180 Å². The summed E-state index contributed by atoms with van der Waals surface area (Å²) < 4.78 is 6.55. The topological polar surface area (TPSA) is 16.4 Å². The molecule has 1 aliphatic carbocycles. The number of rotatable bonds is 6. The molecule has 9 rings (SSSR count). The van der Waals surface area contributed by atoms with Gasteiger partial charge in [-0.3, -0.25) is 0 Å². The Kier molecular flexibility index (Phi) is 6.84. The lowest BCUT2D eigenvalue weighted by molar-refractivity contribution is 0.632. The van der Waals surface area contributed by atoms with Crippen molar-refractivity contribution in [1.29, 1.82) is 0 Å². The monoisotopic (exact) mass is 629 g/mol. The molecule has 0 saturated heterocycles. The maximum Gasteiger partial charge on any atom is 0.143 e. The van der Waals surface area contributed by atoms with E-state index >= 15 is 0 Å². The molecular weight excluding hydrogens is 595 g/mol. The van der Waals surface area contributed by atoms with Gasteiger partial charge in [0.05, 0.1) is 0 Å². The molecule has 0 atom stereocenters. The zero-order valence-electron chi connectivity index (χ0n) is 27.6. The summed E-state index contributed by atoms with van der Waals surface area (Å²) in [5.41, 5.74) is 15.2. The molecule has 0 fully saturated rings. The summed E-state index contributed by atoms with van der Waals surface area (Å²) >= 11 is 0. The molecule has 49 heavy (non-hydrogen) atoms. The third kappa shape index (κ3) is 4.88. The second-order valence-electron chi connectivity index (χ2n) is 13.4. The third-order valence-electron chi connectivity index (χ3n) is 10.1. The van der Waals surface area contributed by atoms with E-state index in [2.05, 4.69) is 183 Å². The molecule has 0 spiro atoms. The largest absolute Gasteiger partial charge is 0.455 e. The van der Waals surface area contributed by atoms with Crippen molar-refractivity contribution in [1.82, 2.24) is 0 Å². The van der Waals surface area contributed by atoms with Gasteiger partial charge in [0.1, 0.15) is 11.3 Å². The second-order valence-corrected chi connectivity index (χ2v) is 13.4. The van der Waals surface area contributed by atoms with Gasteiger partial charge in [-0.25, -0.2) is 0 Å². The van der Waals surface area contributed by atoms with Crippen LogP contribution in [0, 0.1) is 0 Å². The van der Waals surface area contributed by atoms with Crippen LogP contribution in [0.4, 0.5) is 17.1 Å². The van der Waals surface area contributed by atoms with Crippen molar-refractivity contribution in [2.75, 3.05) is 4.90 Å². The summed E-state index contributed by atoms with van der Waals surface area (Å²) in [6.07, 6.45) is 0. The van der Waals surface area contributed by atoms with E-state index in [1.807, 2.05) is 12.1 Å². The molecule has 0 aliphatic heterocycles. The van der Waals surface area contributed by atoms with Crippen LogP contribution in [-0.4, -0.2) is 0 Å². The van der Waals surface area contributed by atoms with Crippen LogP contribution in [-0.2, 0) is 5.41 Å². The molecule has 7 aromatic carbocycles. The molecule has 2 heteroatoms. The van der Waals surface area contributed by atoms with E-state index in [4.69, 9.17) is 4.42 Å². The van der Waals surface area contributed by atoms with E-state index in [0.717, 1.165) is 50.5 Å². The number of hydrogen-bond donors (Lipinski definition) is 0. The molecule has 0 radical (unpaired) electrons. The normalized spacial score (nSPS) is 12.9. The molecule has 8 aromatic rings. The minimum atomic E-state index is -0.0935. The quantitative estimate of drug-likeness (QED) is 0.182. The highest BCUT2D eigenvalue weighted by Gasteiger charge is 2.35. The lowest BCUT2D eigenvalue weighted by Crippen LogP contribution is -2.16. The molecule has 234 valence electrons. The number of para-hydroxylation sites is 1. The van der Waals surface area contributed by atoms with Gasteiger partial charge in [-0.1, -0.05) is 135 Å². The average molecular weight is 630 g/mol. The van der Waals surface area contributed by atoms with Crippen molar-refractivity contribution < 1.29 is 4.42 Å². The average Bonchev–Trinajstić information content (AvgIpc) is 3.66. The maximum atomic E-state index is 6.55. The molecule has 0 unspecified atom stereocenters. The fourth-order valence-electron chi connectivity index (χ4n) is 7.61. The van der Waals surface area contributed by atoms with Crippen LogP contribution in [0.2, 0.25) is 0 Å². The summed E-state index contributed by atoms with van der Waals surface area (Å²) in [5.74, 6) is 0.884. The first kappa shape index (κ1) is 29.1.